The second kappa shape index (κ2) is 4.24. The molecule has 0 aromatic heterocycles. The van der Waals surface area contributed by atoms with Gasteiger partial charge in [-0.15, -0.1) is 0 Å². The van der Waals surface area contributed by atoms with Gasteiger partial charge in [-0.2, -0.15) is 0 Å². The Hall–Kier alpha value is -1.35. The molecule has 0 atom stereocenters. The lowest BCUT2D eigenvalue weighted by Crippen LogP contribution is -1.90. The largest absolute Gasteiger partial charge is 0.478 e. The Bertz CT molecular complexity index is 399. The van der Waals surface area contributed by atoms with Crippen LogP contribution in [-0.4, -0.2) is 11.1 Å². The second-order valence-electron chi connectivity index (χ2n) is 2.75. The van der Waals surface area contributed by atoms with Gasteiger partial charge in [-0.05, 0) is 19.1 Å². The number of halogens is 2. The molecule has 0 bridgehead atoms. The number of rotatable bonds is 2. The molecule has 0 amide bonds. The van der Waals surface area contributed by atoms with Gasteiger partial charge < -0.3 is 5.11 Å². The van der Waals surface area contributed by atoms with E-state index in [9.17, 15) is 9.18 Å². The first-order valence-corrected chi connectivity index (χ1v) is 4.26. The summed E-state index contributed by atoms with van der Waals surface area (Å²) in [5.41, 5.74) is 0.536. The van der Waals surface area contributed by atoms with Crippen molar-refractivity contribution in [2.24, 2.45) is 0 Å². The number of carboxylic acids is 1. The Kier molecular flexibility index (Phi) is 3.25. The van der Waals surface area contributed by atoms with E-state index >= 15 is 0 Å². The summed E-state index contributed by atoms with van der Waals surface area (Å²) in [6.07, 6.45) is 2.08. The van der Waals surface area contributed by atoms with Crippen LogP contribution in [0.15, 0.2) is 18.2 Å². The Morgan fingerprint density at radius 2 is 2.21 bits per heavy atom. The SMILES string of the molecule is Cc1c(Cl)ccc(/C=C/C(=O)O)c1F. The Morgan fingerprint density at radius 1 is 1.57 bits per heavy atom. The molecule has 0 aliphatic heterocycles. The van der Waals surface area contributed by atoms with Crippen molar-refractivity contribution in [3.8, 4) is 0 Å². The van der Waals surface area contributed by atoms with Crippen LogP contribution in [0.2, 0.25) is 5.02 Å². The zero-order valence-corrected chi connectivity index (χ0v) is 8.18. The van der Waals surface area contributed by atoms with Crippen molar-refractivity contribution in [3.05, 3.63) is 40.2 Å². The smallest absolute Gasteiger partial charge is 0.328 e. The molecule has 1 aromatic rings. The first-order valence-electron chi connectivity index (χ1n) is 3.88. The Balaban J connectivity index is 3.12. The predicted molar refractivity (Wildman–Crippen MR) is 52.8 cm³/mol. The molecule has 0 aliphatic rings. The van der Waals surface area contributed by atoms with Crippen LogP contribution in [0.1, 0.15) is 11.1 Å². The third-order valence-electron chi connectivity index (χ3n) is 1.76. The van der Waals surface area contributed by atoms with Gasteiger partial charge in [-0.1, -0.05) is 17.7 Å². The quantitative estimate of drug-likeness (QED) is 0.769. The summed E-state index contributed by atoms with van der Waals surface area (Å²) in [4.78, 5) is 10.2. The molecule has 4 heteroatoms. The van der Waals surface area contributed by atoms with E-state index in [4.69, 9.17) is 16.7 Å². The van der Waals surface area contributed by atoms with Gasteiger partial charge in [0.05, 0.1) is 0 Å². The zero-order chi connectivity index (χ0) is 10.7. The zero-order valence-electron chi connectivity index (χ0n) is 7.42. The summed E-state index contributed by atoms with van der Waals surface area (Å²) in [6.45, 7) is 1.54. The summed E-state index contributed by atoms with van der Waals surface area (Å²) in [6, 6.07) is 2.96. The molecule has 14 heavy (non-hydrogen) atoms. The van der Waals surface area contributed by atoms with Crippen LogP contribution in [0, 0.1) is 12.7 Å². The summed E-state index contributed by atoms with van der Waals surface area (Å²) in [5, 5.41) is 8.68. The number of hydrogen-bond acceptors (Lipinski definition) is 1. The Labute approximate surface area is 85.6 Å². The van der Waals surface area contributed by atoms with Crippen molar-refractivity contribution < 1.29 is 14.3 Å². The topological polar surface area (TPSA) is 37.3 Å². The molecule has 0 aliphatic carbocycles. The first kappa shape index (κ1) is 10.7. The van der Waals surface area contributed by atoms with Crippen LogP contribution in [0.4, 0.5) is 4.39 Å². The molecule has 1 rings (SSSR count). The molecule has 0 saturated carbocycles. The maximum Gasteiger partial charge on any atom is 0.328 e. The highest BCUT2D eigenvalue weighted by molar-refractivity contribution is 6.31. The van der Waals surface area contributed by atoms with Gasteiger partial charge in [-0.25, -0.2) is 9.18 Å². The minimum atomic E-state index is -1.11. The van der Waals surface area contributed by atoms with E-state index in [1.165, 1.54) is 25.1 Å². The number of carboxylic acid groups (broad SMARTS) is 1. The van der Waals surface area contributed by atoms with Crippen molar-refractivity contribution >= 4 is 23.6 Å². The van der Waals surface area contributed by atoms with Crippen molar-refractivity contribution in [1.82, 2.24) is 0 Å². The van der Waals surface area contributed by atoms with Crippen LogP contribution in [0.5, 0.6) is 0 Å². The standard InChI is InChI=1S/C10H8ClFO2/c1-6-8(11)4-2-7(10(6)12)3-5-9(13)14/h2-5H,1H3,(H,13,14)/b5-3+. The summed E-state index contributed by atoms with van der Waals surface area (Å²) >= 11 is 5.67. The third-order valence-corrected chi connectivity index (χ3v) is 2.17. The molecule has 0 fully saturated rings. The molecule has 74 valence electrons. The highest BCUT2D eigenvalue weighted by Crippen LogP contribution is 2.21. The highest BCUT2D eigenvalue weighted by atomic mass is 35.5. The number of benzene rings is 1. The van der Waals surface area contributed by atoms with Gasteiger partial charge in [0.1, 0.15) is 5.82 Å². The van der Waals surface area contributed by atoms with E-state index in [0.717, 1.165) is 6.08 Å². The van der Waals surface area contributed by atoms with E-state index in [1.807, 2.05) is 0 Å². The van der Waals surface area contributed by atoms with E-state index < -0.39 is 11.8 Å². The first-order chi connectivity index (χ1) is 6.52. The molecule has 0 unspecified atom stereocenters. The fourth-order valence-corrected chi connectivity index (χ4v) is 1.12. The average molecular weight is 215 g/mol. The van der Waals surface area contributed by atoms with Crippen LogP contribution in [0.3, 0.4) is 0 Å². The molecular weight excluding hydrogens is 207 g/mol. The molecule has 1 aromatic carbocycles. The van der Waals surface area contributed by atoms with E-state index in [0.29, 0.717) is 10.6 Å². The van der Waals surface area contributed by atoms with Crippen LogP contribution >= 0.6 is 11.6 Å². The maximum absolute atomic E-state index is 13.4. The molecule has 0 heterocycles. The molecule has 1 N–H and O–H groups in total. The third kappa shape index (κ3) is 2.33. The average Bonchev–Trinajstić information content (AvgIpc) is 2.13. The number of hydrogen-bond donors (Lipinski definition) is 1. The highest BCUT2D eigenvalue weighted by Gasteiger charge is 2.06. The van der Waals surface area contributed by atoms with Gasteiger partial charge in [0.2, 0.25) is 0 Å². The maximum atomic E-state index is 13.4. The fourth-order valence-electron chi connectivity index (χ4n) is 0.972. The van der Waals surface area contributed by atoms with Gasteiger partial charge in [0.25, 0.3) is 0 Å². The normalized spacial score (nSPS) is 10.8. The fraction of sp³-hybridized carbons (Fsp3) is 0.100. The van der Waals surface area contributed by atoms with Crippen molar-refractivity contribution in [1.29, 1.82) is 0 Å². The molecule has 2 nitrogen and oxygen atoms in total. The predicted octanol–water partition coefficient (Wildman–Crippen LogP) is 2.89. The second-order valence-corrected chi connectivity index (χ2v) is 3.15. The minimum Gasteiger partial charge on any atom is -0.478 e. The molecule has 0 saturated heterocycles. The lowest BCUT2D eigenvalue weighted by molar-refractivity contribution is -0.131. The lowest BCUT2D eigenvalue weighted by atomic mass is 10.1. The van der Waals surface area contributed by atoms with Gasteiger partial charge in [0.15, 0.2) is 0 Å². The summed E-state index contributed by atoms with van der Waals surface area (Å²) < 4.78 is 13.4. The van der Waals surface area contributed by atoms with E-state index in [1.54, 1.807) is 0 Å². The summed E-state index contributed by atoms with van der Waals surface area (Å²) in [7, 11) is 0. The van der Waals surface area contributed by atoms with E-state index in [2.05, 4.69) is 0 Å². The van der Waals surface area contributed by atoms with E-state index in [-0.39, 0.29) is 5.56 Å². The van der Waals surface area contributed by atoms with Gasteiger partial charge in [-0.3, -0.25) is 0 Å². The summed E-state index contributed by atoms with van der Waals surface area (Å²) in [5.74, 6) is -1.60. The number of carbonyl (C=O) groups is 1. The lowest BCUT2D eigenvalue weighted by Gasteiger charge is -2.02. The van der Waals surface area contributed by atoms with Crippen LogP contribution < -0.4 is 0 Å². The molecule has 0 spiro atoms. The van der Waals surface area contributed by atoms with Gasteiger partial charge in [0, 0.05) is 22.2 Å². The molecular formula is C10H8ClFO2. The molecule has 0 radical (unpaired) electrons. The monoisotopic (exact) mass is 214 g/mol. The number of aliphatic carboxylic acids is 1. The van der Waals surface area contributed by atoms with Crippen molar-refractivity contribution in [2.45, 2.75) is 6.92 Å². The minimum absolute atomic E-state index is 0.217. The van der Waals surface area contributed by atoms with Crippen molar-refractivity contribution in [3.63, 3.8) is 0 Å². The van der Waals surface area contributed by atoms with Gasteiger partial charge >= 0.3 is 5.97 Å². The van der Waals surface area contributed by atoms with Crippen LogP contribution in [-0.2, 0) is 4.79 Å². The van der Waals surface area contributed by atoms with Crippen LogP contribution in [0.25, 0.3) is 6.08 Å². The van der Waals surface area contributed by atoms with Crippen molar-refractivity contribution in [2.75, 3.05) is 0 Å². The Morgan fingerprint density at radius 3 is 2.79 bits per heavy atom.